The van der Waals surface area contributed by atoms with Gasteiger partial charge in [0.1, 0.15) is 0 Å². The number of alkyl halides is 3. The number of halogens is 3. The summed E-state index contributed by atoms with van der Waals surface area (Å²) in [6.45, 7) is 17.1. The summed E-state index contributed by atoms with van der Waals surface area (Å²) in [6, 6.07) is -1.01. The van der Waals surface area contributed by atoms with Crippen molar-refractivity contribution in [3.63, 3.8) is 0 Å². The molecule has 10 heteroatoms. The molecule has 0 aliphatic carbocycles. The zero-order valence-electron chi connectivity index (χ0n) is 22.4. The molecule has 0 fully saturated rings. The minimum atomic E-state index is -4.27. The van der Waals surface area contributed by atoms with Crippen molar-refractivity contribution >= 4 is 11.9 Å². The number of aromatic nitrogens is 2. The molecule has 1 N–H and O–H groups in total. The van der Waals surface area contributed by atoms with Crippen LogP contribution in [0.25, 0.3) is 0 Å². The number of allylic oxidation sites excluding steroid dienone is 2. The Labute approximate surface area is 213 Å². The van der Waals surface area contributed by atoms with E-state index in [2.05, 4.69) is 28.5 Å². The minimum Gasteiger partial charge on any atom is -0.475 e. The maximum atomic E-state index is 12.7. The predicted octanol–water partition coefficient (Wildman–Crippen LogP) is 6.40. The maximum Gasteiger partial charge on any atom is 0.389 e. The van der Waals surface area contributed by atoms with Crippen LogP contribution >= 0.6 is 0 Å². The molecule has 1 aromatic heterocycles. The van der Waals surface area contributed by atoms with Crippen LogP contribution < -0.4 is 5.32 Å². The molecule has 2 amide bonds. The summed E-state index contributed by atoms with van der Waals surface area (Å²) in [5.74, 6) is 0.926. The first-order valence-corrected chi connectivity index (χ1v) is 12.1. The Morgan fingerprint density at radius 1 is 1.36 bits per heavy atom. The number of rotatable bonds is 12. The van der Waals surface area contributed by atoms with Crippen LogP contribution in [0.5, 0.6) is 0 Å². The van der Waals surface area contributed by atoms with E-state index in [0.29, 0.717) is 43.4 Å². The first kappa shape index (κ1) is 33.0. The van der Waals surface area contributed by atoms with Gasteiger partial charge in [0.2, 0.25) is 0 Å². The molecule has 0 aromatic carbocycles. The van der Waals surface area contributed by atoms with E-state index in [1.54, 1.807) is 40.9 Å². The van der Waals surface area contributed by atoms with Gasteiger partial charge in [0.25, 0.3) is 5.90 Å². The van der Waals surface area contributed by atoms with Crippen molar-refractivity contribution in [3.05, 3.63) is 55.3 Å². The number of hydrogen-bond acceptors (Lipinski definition) is 4. The Bertz CT molecular complexity index is 860. The molecule has 1 heterocycles. The van der Waals surface area contributed by atoms with Gasteiger partial charge in [-0.05, 0) is 53.9 Å². The quantitative estimate of drug-likeness (QED) is 0.152. The fourth-order valence-corrected chi connectivity index (χ4v) is 3.08. The molecule has 0 aliphatic rings. The second-order valence-corrected chi connectivity index (χ2v) is 8.45. The van der Waals surface area contributed by atoms with Gasteiger partial charge in [-0.15, -0.1) is 6.58 Å². The second-order valence-electron chi connectivity index (χ2n) is 8.45. The van der Waals surface area contributed by atoms with Crippen LogP contribution in [0.1, 0.15) is 66.1 Å². The Morgan fingerprint density at radius 3 is 2.47 bits per heavy atom. The van der Waals surface area contributed by atoms with Crippen molar-refractivity contribution in [1.29, 1.82) is 0 Å². The van der Waals surface area contributed by atoms with Gasteiger partial charge in [0, 0.05) is 50.2 Å². The molecule has 1 aromatic rings. The molecular formula is C26H42F3N5O2. The molecule has 0 saturated heterocycles. The number of nitrogens with zero attached hydrogens (tertiary/aromatic N) is 4. The van der Waals surface area contributed by atoms with E-state index in [4.69, 9.17) is 4.74 Å². The average Bonchev–Trinajstić information content (AvgIpc) is 3.19. The number of aliphatic imine (C=N–C) groups is 1. The number of carbonyl (C=O) groups excluding carboxylic acids is 1. The van der Waals surface area contributed by atoms with Crippen molar-refractivity contribution in [1.82, 2.24) is 19.8 Å². The van der Waals surface area contributed by atoms with E-state index < -0.39 is 18.6 Å². The van der Waals surface area contributed by atoms with E-state index in [1.165, 1.54) is 0 Å². The standard InChI is InChI=1S/C23H36F3N5O2.C3H6/c1-7-31(18(4)5)22(32)29-19(12-13-23(24,25)26)11-9-8-10-16-33-21(28-17(2)3)20-27-14-15-30(20)6;1-3-2/h8-9,14-15,18-19H,2,7,10-13,16H2,1,3-6H3,(H,29,32);3H,1H2,2H3/b9-8+,28-21?;. The highest BCUT2D eigenvalue weighted by Crippen LogP contribution is 2.23. The molecule has 1 rings (SSSR count). The molecule has 36 heavy (non-hydrogen) atoms. The number of aryl methyl sites for hydroxylation is 1. The third-order valence-corrected chi connectivity index (χ3v) is 4.74. The Balaban J connectivity index is 0.00000387. The van der Waals surface area contributed by atoms with Crippen molar-refractivity contribution in [2.24, 2.45) is 12.0 Å². The van der Waals surface area contributed by atoms with E-state index in [1.807, 2.05) is 40.8 Å². The van der Waals surface area contributed by atoms with Crippen LogP contribution in [0.4, 0.5) is 18.0 Å². The third kappa shape index (κ3) is 14.4. The number of imidazole rings is 1. The Hall–Kier alpha value is -3.04. The largest absolute Gasteiger partial charge is 0.475 e. The number of amides is 2. The fourth-order valence-electron chi connectivity index (χ4n) is 3.08. The van der Waals surface area contributed by atoms with Crippen molar-refractivity contribution in [2.45, 2.75) is 78.6 Å². The summed E-state index contributed by atoms with van der Waals surface area (Å²) in [7, 11) is 1.83. The van der Waals surface area contributed by atoms with Crippen LogP contribution in [0.15, 0.2) is 54.5 Å². The normalized spacial score (nSPS) is 12.7. The second kappa shape index (κ2) is 17.4. The van der Waals surface area contributed by atoms with E-state index >= 15 is 0 Å². The SMILES string of the molecule is C=C(C)N=C(OCC/C=C/CC(CCC(F)(F)F)NC(=O)N(CC)C(C)C)c1nccn1C.C=CC. The lowest BCUT2D eigenvalue weighted by atomic mass is 10.1. The molecule has 0 bridgehead atoms. The lowest BCUT2D eigenvalue weighted by molar-refractivity contribution is -0.136. The smallest absolute Gasteiger partial charge is 0.389 e. The van der Waals surface area contributed by atoms with Gasteiger partial charge < -0.3 is 19.5 Å². The van der Waals surface area contributed by atoms with Gasteiger partial charge in [0.15, 0.2) is 5.82 Å². The number of carbonyl (C=O) groups is 1. The van der Waals surface area contributed by atoms with Gasteiger partial charge in [-0.3, -0.25) is 0 Å². The highest BCUT2D eigenvalue weighted by molar-refractivity contribution is 5.91. The molecule has 0 aliphatic heterocycles. The number of nitrogens with one attached hydrogen (secondary N) is 1. The number of hydrogen-bond donors (Lipinski definition) is 1. The minimum absolute atomic E-state index is 0.0419. The Kier molecular flexibility index (Phi) is 15.9. The van der Waals surface area contributed by atoms with Crippen molar-refractivity contribution < 1.29 is 22.7 Å². The van der Waals surface area contributed by atoms with E-state index in [-0.39, 0.29) is 18.5 Å². The summed E-state index contributed by atoms with van der Waals surface area (Å²) in [5, 5.41) is 2.74. The van der Waals surface area contributed by atoms with E-state index in [9.17, 15) is 18.0 Å². The zero-order chi connectivity index (χ0) is 27.7. The number of urea groups is 1. The first-order chi connectivity index (χ1) is 16.9. The summed E-state index contributed by atoms with van der Waals surface area (Å²) in [6.07, 6.45) is 4.18. The molecular weight excluding hydrogens is 471 g/mol. The molecule has 204 valence electrons. The highest BCUT2D eigenvalue weighted by atomic mass is 19.4. The summed E-state index contributed by atoms with van der Waals surface area (Å²) in [5.41, 5.74) is 0.578. The van der Waals surface area contributed by atoms with Crippen molar-refractivity contribution in [2.75, 3.05) is 13.2 Å². The van der Waals surface area contributed by atoms with Crippen LogP contribution in [0.3, 0.4) is 0 Å². The topological polar surface area (TPSA) is 71.8 Å². The maximum absolute atomic E-state index is 12.7. The molecule has 1 unspecified atom stereocenters. The molecule has 7 nitrogen and oxygen atoms in total. The van der Waals surface area contributed by atoms with Crippen molar-refractivity contribution in [3.8, 4) is 0 Å². The number of ether oxygens (including phenoxy) is 1. The van der Waals surface area contributed by atoms with Crippen LogP contribution in [0.2, 0.25) is 0 Å². The molecule has 0 radical (unpaired) electrons. The molecule has 0 saturated carbocycles. The molecule has 0 spiro atoms. The predicted molar refractivity (Wildman–Crippen MR) is 140 cm³/mol. The average molecular weight is 514 g/mol. The zero-order valence-corrected chi connectivity index (χ0v) is 22.4. The van der Waals surface area contributed by atoms with Gasteiger partial charge in [0.05, 0.1) is 6.61 Å². The summed E-state index contributed by atoms with van der Waals surface area (Å²) >= 11 is 0. The van der Waals surface area contributed by atoms with Crippen LogP contribution in [0, 0.1) is 0 Å². The monoisotopic (exact) mass is 513 g/mol. The summed E-state index contributed by atoms with van der Waals surface area (Å²) < 4.78 is 45.7. The fraction of sp³-hybridized carbons (Fsp3) is 0.577. The lowest BCUT2D eigenvalue weighted by Gasteiger charge is -2.28. The molecule has 1 atom stereocenters. The highest BCUT2D eigenvalue weighted by Gasteiger charge is 2.29. The van der Waals surface area contributed by atoms with Gasteiger partial charge in [-0.25, -0.2) is 14.8 Å². The van der Waals surface area contributed by atoms with Crippen LogP contribution in [-0.4, -0.2) is 57.8 Å². The lowest BCUT2D eigenvalue weighted by Crippen LogP contribution is -2.47. The van der Waals surface area contributed by atoms with Gasteiger partial charge in [-0.2, -0.15) is 13.2 Å². The van der Waals surface area contributed by atoms with Gasteiger partial charge >= 0.3 is 12.2 Å². The Morgan fingerprint density at radius 2 is 2.00 bits per heavy atom. The van der Waals surface area contributed by atoms with Gasteiger partial charge in [-0.1, -0.05) is 24.8 Å². The summed E-state index contributed by atoms with van der Waals surface area (Å²) in [4.78, 5) is 22.5. The van der Waals surface area contributed by atoms with E-state index in [0.717, 1.165) is 0 Å². The third-order valence-electron chi connectivity index (χ3n) is 4.74. The first-order valence-electron chi connectivity index (χ1n) is 12.1. The van der Waals surface area contributed by atoms with Crippen LogP contribution in [-0.2, 0) is 11.8 Å².